The Bertz CT molecular complexity index is 1660. The van der Waals surface area contributed by atoms with Crippen molar-refractivity contribution in [3.05, 3.63) is 71.8 Å². The van der Waals surface area contributed by atoms with Crippen molar-refractivity contribution in [3.8, 4) is 11.1 Å². The second kappa shape index (κ2) is 14.4. The molecule has 2 heterocycles. The lowest BCUT2D eigenvalue weighted by Gasteiger charge is -2.32. The van der Waals surface area contributed by atoms with E-state index in [4.69, 9.17) is 18.6 Å². The number of fused-ring (bicyclic) bond motifs is 2. The molecule has 266 valence electrons. The zero-order chi connectivity index (χ0) is 35.9. The maximum atomic E-state index is 6.79. The molecule has 6 heteroatoms. The Kier molecular flexibility index (Phi) is 10.7. The number of hydrogen-bond donors (Lipinski definition) is 0. The van der Waals surface area contributed by atoms with Crippen LogP contribution >= 0.6 is 0 Å². The first-order valence-corrected chi connectivity index (χ1v) is 19.5. The predicted octanol–water partition coefficient (Wildman–Crippen LogP) is 10.5. The van der Waals surface area contributed by atoms with Crippen molar-refractivity contribution < 1.29 is 18.6 Å². The first-order chi connectivity index (χ1) is 23.6. The molecule has 2 fully saturated rings. The van der Waals surface area contributed by atoms with Crippen molar-refractivity contribution >= 4 is 46.7 Å². The van der Waals surface area contributed by atoms with Crippen LogP contribution in [0.5, 0.6) is 0 Å². The highest BCUT2D eigenvalue weighted by molar-refractivity contribution is 6.67. The molecule has 0 bridgehead atoms. The fourth-order valence-electron chi connectivity index (χ4n) is 7.35. The highest BCUT2D eigenvalue weighted by Gasteiger charge is 2.54. The Morgan fingerprint density at radius 1 is 0.420 bits per heavy atom. The van der Waals surface area contributed by atoms with Crippen molar-refractivity contribution in [1.29, 1.82) is 0 Å². The van der Waals surface area contributed by atoms with E-state index in [0.717, 1.165) is 34.9 Å². The topological polar surface area (TPSA) is 36.9 Å². The van der Waals surface area contributed by atoms with E-state index in [0.29, 0.717) is 0 Å². The summed E-state index contributed by atoms with van der Waals surface area (Å²) in [4.78, 5) is 0. The zero-order valence-corrected chi connectivity index (χ0v) is 32.6. The molecule has 2 aliphatic heterocycles. The summed E-state index contributed by atoms with van der Waals surface area (Å²) < 4.78 is 27.2. The van der Waals surface area contributed by atoms with E-state index in [-0.39, 0.29) is 0 Å². The van der Waals surface area contributed by atoms with Gasteiger partial charge in [-0.15, -0.1) is 0 Å². The van der Waals surface area contributed by atoms with Crippen LogP contribution in [0.3, 0.4) is 0 Å². The summed E-state index contributed by atoms with van der Waals surface area (Å²) in [5.41, 5.74) is 5.21. The van der Waals surface area contributed by atoms with Crippen LogP contribution in [0.25, 0.3) is 32.7 Å². The highest BCUT2D eigenvalue weighted by Crippen LogP contribution is 2.40. The van der Waals surface area contributed by atoms with Crippen molar-refractivity contribution in [2.75, 3.05) is 0 Å². The number of unbranched alkanes of at least 4 members (excludes halogenated alkanes) is 6. The van der Waals surface area contributed by atoms with Crippen LogP contribution in [0.2, 0.25) is 0 Å². The van der Waals surface area contributed by atoms with Gasteiger partial charge in [-0.2, -0.15) is 0 Å². The van der Waals surface area contributed by atoms with Crippen LogP contribution in [0.15, 0.2) is 60.7 Å². The molecule has 0 aliphatic carbocycles. The van der Waals surface area contributed by atoms with E-state index in [1.807, 2.05) is 0 Å². The molecule has 4 nitrogen and oxygen atoms in total. The average Bonchev–Trinajstić information content (AvgIpc) is 3.42. The summed E-state index contributed by atoms with van der Waals surface area (Å²) in [6.07, 6.45) is 12.3. The minimum Gasteiger partial charge on any atom is -0.399 e. The van der Waals surface area contributed by atoms with Crippen molar-refractivity contribution in [2.45, 2.75) is 156 Å². The fourth-order valence-corrected chi connectivity index (χ4v) is 7.35. The summed E-state index contributed by atoms with van der Waals surface area (Å²) in [7, 11) is -1.03. The monoisotopic (exact) mass is 674 g/mol. The van der Waals surface area contributed by atoms with Gasteiger partial charge in [0.05, 0.1) is 22.4 Å². The molecular formula is C44H60B2O4. The molecule has 4 aromatic carbocycles. The van der Waals surface area contributed by atoms with Crippen molar-refractivity contribution in [2.24, 2.45) is 0 Å². The zero-order valence-electron chi connectivity index (χ0n) is 32.6. The summed E-state index contributed by atoms with van der Waals surface area (Å²) in [6.45, 7) is 21.6. The van der Waals surface area contributed by atoms with Crippen LogP contribution < -0.4 is 10.9 Å². The van der Waals surface area contributed by atoms with E-state index in [9.17, 15) is 0 Å². The lowest BCUT2D eigenvalue weighted by atomic mass is 9.68. The average molecular weight is 675 g/mol. The molecule has 0 N–H and O–H groups in total. The van der Waals surface area contributed by atoms with E-state index >= 15 is 0 Å². The molecule has 0 aromatic heterocycles. The molecule has 0 amide bonds. The number of aryl methyl sites for hydroxylation is 2. The molecule has 6 rings (SSSR count). The Hall–Kier alpha value is -2.63. The molecule has 2 saturated heterocycles. The van der Waals surface area contributed by atoms with Gasteiger partial charge in [0.25, 0.3) is 0 Å². The molecule has 0 unspecified atom stereocenters. The SMILES string of the molecule is CCCCCCc1ccc2cc(-c3cc4ccc(CCCCCC)cc4cc3B3OC(C)(C)C(C)(C)O3)c(B3OC(C)(C)C(C)(C)O3)cc2c1. The van der Waals surface area contributed by atoms with Gasteiger partial charge in [-0.1, -0.05) is 101 Å². The molecule has 0 saturated carbocycles. The Morgan fingerprint density at radius 3 is 1.12 bits per heavy atom. The van der Waals surface area contributed by atoms with Crippen molar-refractivity contribution in [3.63, 3.8) is 0 Å². The number of rotatable bonds is 13. The van der Waals surface area contributed by atoms with E-state index in [2.05, 4.69) is 130 Å². The lowest BCUT2D eigenvalue weighted by Crippen LogP contribution is -2.41. The summed E-state index contributed by atoms with van der Waals surface area (Å²) >= 11 is 0. The van der Waals surface area contributed by atoms with Crippen LogP contribution in [0, 0.1) is 0 Å². The third kappa shape index (κ3) is 7.47. The Morgan fingerprint density at radius 2 is 0.780 bits per heavy atom. The molecule has 50 heavy (non-hydrogen) atoms. The minimum atomic E-state index is -0.514. The lowest BCUT2D eigenvalue weighted by molar-refractivity contribution is 0.00578. The van der Waals surface area contributed by atoms with Gasteiger partial charge in [0.15, 0.2) is 0 Å². The molecule has 0 radical (unpaired) electrons. The van der Waals surface area contributed by atoms with Crippen molar-refractivity contribution in [1.82, 2.24) is 0 Å². The number of benzene rings is 4. The van der Waals surface area contributed by atoms with Gasteiger partial charge in [0.1, 0.15) is 0 Å². The number of hydrogen-bond acceptors (Lipinski definition) is 4. The third-order valence-electron chi connectivity index (χ3n) is 12.1. The molecule has 0 atom stereocenters. The van der Waals surface area contributed by atoms with Gasteiger partial charge >= 0.3 is 14.2 Å². The maximum Gasteiger partial charge on any atom is 0.495 e. The van der Waals surface area contributed by atoms with Gasteiger partial charge in [0.2, 0.25) is 0 Å². The maximum absolute atomic E-state index is 6.79. The van der Waals surface area contributed by atoms with E-state index in [1.54, 1.807) is 0 Å². The normalized spacial score (nSPS) is 19.2. The van der Waals surface area contributed by atoms with Gasteiger partial charge in [0, 0.05) is 0 Å². The van der Waals surface area contributed by atoms with Crippen LogP contribution in [0.1, 0.15) is 132 Å². The van der Waals surface area contributed by atoms with Gasteiger partial charge < -0.3 is 18.6 Å². The van der Waals surface area contributed by atoms with E-state index in [1.165, 1.54) is 84.0 Å². The third-order valence-corrected chi connectivity index (χ3v) is 12.1. The smallest absolute Gasteiger partial charge is 0.399 e. The first kappa shape index (κ1) is 37.1. The predicted molar refractivity (Wildman–Crippen MR) is 214 cm³/mol. The first-order valence-electron chi connectivity index (χ1n) is 19.5. The molecule has 4 aromatic rings. The summed E-state index contributed by atoms with van der Waals surface area (Å²) in [5.74, 6) is 0. The van der Waals surface area contributed by atoms with Crippen LogP contribution in [0.4, 0.5) is 0 Å². The molecule has 0 spiro atoms. The van der Waals surface area contributed by atoms with Gasteiger partial charge in [-0.25, -0.2) is 0 Å². The second-order valence-corrected chi connectivity index (χ2v) is 17.0. The highest BCUT2D eigenvalue weighted by atomic mass is 16.7. The van der Waals surface area contributed by atoms with E-state index < -0.39 is 36.6 Å². The van der Waals surface area contributed by atoms with Gasteiger partial charge in [-0.05, 0) is 148 Å². The van der Waals surface area contributed by atoms with Crippen LogP contribution in [-0.2, 0) is 31.5 Å². The second-order valence-electron chi connectivity index (χ2n) is 17.0. The fraction of sp³-hybridized carbons (Fsp3) is 0.545. The summed E-state index contributed by atoms with van der Waals surface area (Å²) in [5, 5.41) is 4.86. The Labute approximate surface area is 303 Å². The van der Waals surface area contributed by atoms with Gasteiger partial charge in [-0.3, -0.25) is 0 Å². The Balaban J connectivity index is 1.51. The standard InChI is InChI=1S/C44H60B2O4/c1-11-13-15-17-19-31-21-23-33-27-37(39(29-35(33)25-31)45-47-41(3,4)42(5,6)48-45)38-28-34-24-22-32(20-18-16-14-12-2)26-36(34)30-40(38)46-49-43(7,8)44(9,10)50-46/h21-30H,11-20H2,1-10H3. The molecule has 2 aliphatic rings. The largest absolute Gasteiger partial charge is 0.495 e. The molecular weight excluding hydrogens is 614 g/mol. The van der Waals surface area contributed by atoms with Crippen LogP contribution in [-0.4, -0.2) is 36.6 Å². The minimum absolute atomic E-state index is 0.462. The quantitative estimate of drug-likeness (QED) is 0.105. The summed E-state index contributed by atoms with van der Waals surface area (Å²) in [6, 6.07) is 23.3.